The van der Waals surface area contributed by atoms with Crippen LogP contribution in [0.5, 0.6) is 5.75 Å². The fourth-order valence-corrected chi connectivity index (χ4v) is 4.90. The van der Waals surface area contributed by atoms with Crippen LogP contribution in [0.25, 0.3) is 0 Å². The van der Waals surface area contributed by atoms with Gasteiger partial charge in [0.1, 0.15) is 11.6 Å². The second-order valence-electron chi connectivity index (χ2n) is 7.38. The third-order valence-corrected chi connectivity index (χ3v) is 6.43. The first kappa shape index (κ1) is 22.0. The number of rotatable bonds is 7. The molecule has 3 aromatic rings. The Morgan fingerprint density at radius 1 is 1.16 bits per heavy atom. The molecule has 0 bridgehead atoms. The van der Waals surface area contributed by atoms with Crippen LogP contribution in [-0.4, -0.2) is 44.1 Å². The molecule has 0 aliphatic carbocycles. The molecule has 0 radical (unpaired) electrons. The van der Waals surface area contributed by atoms with Crippen LogP contribution < -0.4 is 10.1 Å². The fourth-order valence-electron chi connectivity index (χ4n) is 4.03. The third-order valence-electron chi connectivity index (χ3n) is 5.48. The summed E-state index contributed by atoms with van der Waals surface area (Å²) >= 11 is 1.45. The maximum absolute atomic E-state index is 14.3. The van der Waals surface area contributed by atoms with Crippen LogP contribution in [0.2, 0.25) is 0 Å². The summed E-state index contributed by atoms with van der Waals surface area (Å²) in [4.78, 5) is 29.5. The van der Waals surface area contributed by atoms with E-state index in [0.717, 1.165) is 4.88 Å². The first-order valence-corrected chi connectivity index (χ1v) is 11.0. The van der Waals surface area contributed by atoms with Crippen LogP contribution in [0.4, 0.5) is 10.1 Å². The fraction of sp³-hybridized carbons (Fsp3) is 0.250. The monoisotopic (exact) mass is 454 g/mol. The lowest BCUT2D eigenvalue weighted by atomic mass is 9.81. The van der Waals surface area contributed by atoms with Crippen molar-refractivity contribution >= 4 is 28.8 Å². The predicted molar refractivity (Wildman–Crippen MR) is 121 cm³/mol. The molecule has 2 unspecified atom stereocenters. The van der Waals surface area contributed by atoms with Gasteiger partial charge in [0.25, 0.3) is 5.91 Å². The second-order valence-corrected chi connectivity index (χ2v) is 8.36. The molecule has 2 amide bonds. The third kappa shape index (κ3) is 4.24. The number of carbonyl (C=O) groups excluding carboxylic acids is 2. The van der Waals surface area contributed by atoms with Crippen LogP contribution in [0.15, 0.2) is 60.0 Å². The van der Waals surface area contributed by atoms with Gasteiger partial charge in [-0.15, -0.1) is 11.3 Å². The number of hydrogen-bond donors (Lipinski definition) is 1. The summed E-state index contributed by atoms with van der Waals surface area (Å²) in [6.45, 7) is 0.617. The molecule has 8 heteroatoms. The summed E-state index contributed by atoms with van der Waals surface area (Å²) in [6.07, 6.45) is 0. The van der Waals surface area contributed by atoms with Crippen molar-refractivity contribution in [2.75, 3.05) is 32.7 Å². The Hall–Kier alpha value is -3.23. The molecule has 32 heavy (non-hydrogen) atoms. The van der Waals surface area contributed by atoms with Crippen LogP contribution >= 0.6 is 11.3 Å². The topological polar surface area (TPSA) is 67.9 Å². The highest BCUT2D eigenvalue weighted by Gasteiger charge is 2.44. The Bertz CT molecular complexity index is 1120. The number of methoxy groups -OCH3 is 2. The average Bonchev–Trinajstić information content (AvgIpc) is 3.32. The molecule has 0 saturated carbocycles. The van der Waals surface area contributed by atoms with Crippen LogP contribution in [0, 0.1) is 5.82 Å². The highest BCUT2D eigenvalue weighted by Crippen LogP contribution is 2.44. The van der Waals surface area contributed by atoms with E-state index < -0.39 is 17.8 Å². The Labute approximate surface area is 189 Å². The van der Waals surface area contributed by atoms with E-state index in [1.807, 2.05) is 17.5 Å². The lowest BCUT2D eigenvalue weighted by Gasteiger charge is -2.41. The SMILES string of the molecule is COCCN1C(=O)c2ccc(F)cc2C(C(=O)Nc2cccc(OC)c2)C1c1cccs1. The van der Waals surface area contributed by atoms with Crippen molar-refractivity contribution < 1.29 is 23.5 Å². The number of thiophene rings is 1. The van der Waals surface area contributed by atoms with Crippen molar-refractivity contribution in [1.29, 1.82) is 0 Å². The molecule has 2 heterocycles. The van der Waals surface area contributed by atoms with E-state index in [2.05, 4.69) is 5.32 Å². The van der Waals surface area contributed by atoms with Crippen molar-refractivity contribution in [3.05, 3.63) is 81.8 Å². The first-order chi connectivity index (χ1) is 15.5. The molecule has 2 aromatic carbocycles. The number of fused-ring (bicyclic) bond motifs is 1. The number of carbonyl (C=O) groups is 2. The average molecular weight is 455 g/mol. The first-order valence-electron chi connectivity index (χ1n) is 10.1. The molecular formula is C24H23FN2O4S. The second kappa shape index (κ2) is 9.50. The van der Waals surface area contributed by atoms with Crippen molar-refractivity contribution in [2.45, 2.75) is 12.0 Å². The Morgan fingerprint density at radius 3 is 2.72 bits per heavy atom. The zero-order valence-electron chi connectivity index (χ0n) is 17.7. The molecule has 1 N–H and O–H groups in total. The summed E-state index contributed by atoms with van der Waals surface area (Å²) in [7, 11) is 3.11. The zero-order chi connectivity index (χ0) is 22.7. The molecule has 1 aliphatic rings. The van der Waals surface area contributed by atoms with E-state index >= 15 is 0 Å². The minimum Gasteiger partial charge on any atom is -0.497 e. The molecule has 0 saturated heterocycles. The lowest BCUT2D eigenvalue weighted by Crippen LogP contribution is -2.47. The van der Waals surface area contributed by atoms with Gasteiger partial charge in [-0.05, 0) is 47.3 Å². The standard InChI is InChI=1S/C24H23FN2O4S/c1-30-11-10-27-22(20-7-4-12-32-20)21(19-13-15(25)8-9-18(19)24(27)29)23(28)26-16-5-3-6-17(14-16)31-2/h3-9,12-14,21-22H,10-11H2,1-2H3,(H,26,28). The minimum absolute atomic E-state index is 0.249. The van der Waals surface area contributed by atoms with E-state index in [0.29, 0.717) is 35.7 Å². The zero-order valence-corrected chi connectivity index (χ0v) is 18.5. The maximum atomic E-state index is 14.3. The minimum atomic E-state index is -0.805. The molecular weight excluding hydrogens is 431 g/mol. The van der Waals surface area contributed by atoms with Crippen molar-refractivity contribution in [1.82, 2.24) is 4.90 Å². The van der Waals surface area contributed by atoms with Gasteiger partial charge in [-0.3, -0.25) is 9.59 Å². The summed E-state index contributed by atoms with van der Waals surface area (Å²) in [5.41, 5.74) is 1.25. The van der Waals surface area contributed by atoms with Gasteiger partial charge in [-0.25, -0.2) is 4.39 Å². The molecule has 166 valence electrons. The molecule has 6 nitrogen and oxygen atoms in total. The number of ether oxygens (including phenoxy) is 2. The Balaban J connectivity index is 1.81. The van der Waals surface area contributed by atoms with Crippen LogP contribution in [-0.2, 0) is 9.53 Å². The van der Waals surface area contributed by atoms with Crippen LogP contribution in [0.1, 0.15) is 32.8 Å². The number of amides is 2. The van der Waals surface area contributed by atoms with Gasteiger partial charge >= 0.3 is 0 Å². The van der Waals surface area contributed by atoms with E-state index in [9.17, 15) is 14.0 Å². The highest BCUT2D eigenvalue weighted by atomic mass is 32.1. The molecule has 0 spiro atoms. The number of anilines is 1. The van der Waals surface area contributed by atoms with Crippen molar-refractivity contribution in [2.24, 2.45) is 0 Å². The van der Waals surface area contributed by atoms with Crippen LogP contribution in [0.3, 0.4) is 0 Å². The van der Waals surface area contributed by atoms with Gasteiger partial charge in [0.15, 0.2) is 0 Å². The summed E-state index contributed by atoms with van der Waals surface area (Å²) in [5.74, 6) is -1.28. The largest absolute Gasteiger partial charge is 0.497 e. The maximum Gasteiger partial charge on any atom is 0.254 e. The molecule has 1 aromatic heterocycles. The van der Waals surface area contributed by atoms with Gasteiger partial charge in [0, 0.05) is 35.8 Å². The van der Waals surface area contributed by atoms with Crippen molar-refractivity contribution in [3.8, 4) is 5.75 Å². The van der Waals surface area contributed by atoms with E-state index in [1.165, 1.54) is 29.5 Å². The predicted octanol–water partition coefficient (Wildman–Crippen LogP) is 4.46. The van der Waals surface area contributed by atoms with Gasteiger partial charge in [0.2, 0.25) is 5.91 Å². The summed E-state index contributed by atoms with van der Waals surface area (Å²) in [6, 6.07) is 14.2. The van der Waals surface area contributed by atoms with Gasteiger partial charge < -0.3 is 19.7 Å². The summed E-state index contributed by atoms with van der Waals surface area (Å²) in [5, 5.41) is 4.82. The number of benzene rings is 2. The number of nitrogens with zero attached hydrogens (tertiary/aromatic N) is 1. The number of hydrogen-bond acceptors (Lipinski definition) is 5. The van der Waals surface area contributed by atoms with Gasteiger partial charge in [-0.2, -0.15) is 0 Å². The molecule has 0 fully saturated rings. The number of halogens is 1. The van der Waals surface area contributed by atoms with E-state index in [-0.39, 0.29) is 11.8 Å². The molecule has 4 rings (SSSR count). The van der Waals surface area contributed by atoms with Crippen molar-refractivity contribution in [3.63, 3.8) is 0 Å². The molecule has 2 atom stereocenters. The highest BCUT2D eigenvalue weighted by molar-refractivity contribution is 7.10. The quantitative estimate of drug-likeness (QED) is 0.572. The smallest absolute Gasteiger partial charge is 0.254 e. The van der Waals surface area contributed by atoms with Gasteiger partial charge in [0.05, 0.1) is 25.7 Å². The lowest BCUT2D eigenvalue weighted by molar-refractivity contribution is -0.119. The Kier molecular flexibility index (Phi) is 6.53. The Morgan fingerprint density at radius 2 is 2.00 bits per heavy atom. The number of nitrogens with one attached hydrogen (secondary N) is 1. The van der Waals surface area contributed by atoms with E-state index in [4.69, 9.17) is 9.47 Å². The molecule has 1 aliphatic heterocycles. The van der Waals surface area contributed by atoms with E-state index in [1.54, 1.807) is 43.4 Å². The summed E-state index contributed by atoms with van der Waals surface area (Å²) < 4.78 is 24.7. The van der Waals surface area contributed by atoms with Gasteiger partial charge in [-0.1, -0.05) is 12.1 Å². The normalized spacial score (nSPS) is 17.7.